The summed E-state index contributed by atoms with van der Waals surface area (Å²) in [6, 6.07) is 3.74. The van der Waals surface area contributed by atoms with E-state index in [1.165, 1.54) is 12.1 Å². The summed E-state index contributed by atoms with van der Waals surface area (Å²) in [6.07, 6.45) is 0. The van der Waals surface area contributed by atoms with Gasteiger partial charge in [-0.05, 0) is 34.1 Å². The lowest BCUT2D eigenvalue weighted by atomic mass is 10.2. The van der Waals surface area contributed by atoms with E-state index in [0.29, 0.717) is 0 Å². The third-order valence-electron chi connectivity index (χ3n) is 2.80. The lowest BCUT2D eigenvalue weighted by Crippen LogP contribution is -2.49. The molecular formula is C11H11BrN2O5S. The molecule has 0 aliphatic carbocycles. The highest BCUT2D eigenvalue weighted by molar-refractivity contribution is 9.10. The Kier molecular flexibility index (Phi) is 4.11. The smallest absolute Gasteiger partial charge is 0.335 e. The molecule has 1 aromatic rings. The first-order valence-corrected chi connectivity index (χ1v) is 7.85. The number of carbonyl (C=O) groups is 2. The summed E-state index contributed by atoms with van der Waals surface area (Å²) in [5.41, 5.74) is -0.131. The maximum absolute atomic E-state index is 12.5. The van der Waals surface area contributed by atoms with E-state index < -0.39 is 16.0 Å². The number of halogens is 1. The van der Waals surface area contributed by atoms with E-state index in [1.54, 1.807) is 0 Å². The highest BCUT2D eigenvalue weighted by Gasteiger charge is 2.31. The van der Waals surface area contributed by atoms with Crippen LogP contribution in [0.2, 0.25) is 0 Å². The molecule has 0 bridgehead atoms. The van der Waals surface area contributed by atoms with Gasteiger partial charge in [-0.3, -0.25) is 4.79 Å². The maximum Gasteiger partial charge on any atom is 0.335 e. The fourth-order valence-corrected chi connectivity index (χ4v) is 4.14. The number of carboxylic acid groups (broad SMARTS) is 1. The van der Waals surface area contributed by atoms with Gasteiger partial charge in [0.15, 0.2) is 0 Å². The topological polar surface area (TPSA) is 104 Å². The number of hydrogen-bond acceptors (Lipinski definition) is 4. The largest absolute Gasteiger partial charge is 0.478 e. The zero-order valence-corrected chi connectivity index (χ0v) is 12.6. The molecule has 1 fully saturated rings. The van der Waals surface area contributed by atoms with Crippen LogP contribution in [0.1, 0.15) is 10.4 Å². The van der Waals surface area contributed by atoms with Crippen molar-refractivity contribution >= 4 is 37.8 Å². The number of carbonyl (C=O) groups excluding carboxylic acids is 1. The predicted molar refractivity (Wildman–Crippen MR) is 72.9 cm³/mol. The maximum atomic E-state index is 12.5. The summed E-state index contributed by atoms with van der Waals surface area (Å²) in [6.45, 7) is 0.109. The Hall–Kier alpha value is -1.45. The van der Waals surface area contributed by atoms with Crippen molar-refractivity contribution in [3.05, 3.63) is 28.2 Å². The van der Waals surface area contributed by atoms with Crippen LogP contribution < -0.4 is 5.32 Å². The lowest BCUT2D eigenvalue weighted by molar-refractivity contribution is -0.122. The van der Waals surface area contributed by atoms with Crippen molar-refractivity contribution in [3.8, 4) is 0 Å². The highest BCUT2D eigenvalue weighted by atomic mass is 79.9. The highest BCUT2D eigenvalue weighted by Crippen LogP contribution is 2.26. The van der Waals surface area contributed by atoms with Gasteiger partial charge < -0.3 is 10.4 Å². The molecule has 20 heavy (non-hydrogen) atoms. The molecule has 0 spiro atoms. The van der Waals surface area contributed by atoms with E-state index in [-0.39, 0.29) is 40.5 Å². The molecule has 9 heteroatoms. The zero-order valence-electron chi connectivity index (χ0n) is 10.2. The molecule has 2 N–H and O–H groups in total. The van der Waals surface area contributed by atoms with Gasteiger partial charge in [0.05, 0.1) is 17.0 Å². The standard InChI is InChI=1S/C11H11BrN2O5S/c12-8-2-1-7(11(16)17)5-9(8)20(18,19)14-4-3-13-10(15)6-14/h1-2,5H,3-4,6H2,(H,13,15)(H,16,17). The van der Waals surface area contributed by atoms with E-state index in [1.807, 2.05) is 0 Å². The Morgan fingerprint density at radius 3 is 2.70 bits per heavy atom. The van der Waals surface area contributed by atoms with Crippen molar-refractivity contribution in [1.82, 2.24) is 9.62 Å². The van der Waals surface area contributed by atoms with Crippen molar-refractivity contribution in [2.24, 2.45) is 0 Å². The van der Waals surface area contributed by atoms with Crippen LogP contribution in [-0.4, -0.2) is 49.3 Å². The summed E-state index contributed by atoms with van der Waals surface area (Å²) < 4.78 is 26.2. The van der Waals surface area contributed by atoms with Crippen LogP contribution >= 0.6 is 15.9 Å². The van der Waals surface area contributed by atoms with Gasteiger partial charge in [-0.1, -0.05) is 0 Å². The molecule has 1 aliphatic rings. The predicted octanol–water partition coefficient (Wildman–Crippen LogP) is 0.268. The van der Waals surface area contributed by atoms with Gasteiger partial charge in [-0.15, -0.1) is 0 Å². The number of carboxylic acids is 1. The Morgan fingerprint density at radius 2 is 2.10 bits per heavy atom. The number of aromatic carboxylic acids is 1. The molecule has 7 nitrogen and oxygen atoms in total. The van der Waals surface area contributed by atoms with Gasteiger partial charge in [-0.2, -0.15) is 4.31 Å². The Bertz CT molecular complexity index is 673. The van der Waals surface area contributed by atoms with Crippen LogP contribution in [0.3, 0.4) is 0 Å². The number of benzene rings is 1. The average Bonchev–Trinajstić information content (AvgIpc) is 2.38. The summed E-state index contributed by atoms with van der Waals surface area (Å²) in [5.74, 6) is -1.60. The van der Waals surface area contributed by atoms with Gasteiger partial charge in [0, 0.05) is 17.6 Å². The second kappa shape index (κ2) is 5.51. The van der Waals surface area contributed by atoms with E-state index in [9.17, 15) is 18.0 Å². The van der Waals surface area contributed by atoms with Crippen molar-refractivity contribution in [2.75, 3.05) is 19.6 Å². The van der Waals surface area contributed by atoms with Crippen LogP contribution in [0, 0.1) is 0 Å². The first-order chi connectivity index (χ1) is 9.32. The fourth-order valence-electron chi connectivity index (χ4n) is 1.79. The first kappa shape index (κ1) is 14.9. The number of sulfonamides is 1. The fraction of sp³-hybridized carbons (Fsp3) is 0.273. The van der Waals surface area contributed by atoms with Crippen LogP contribution in [0.25, 0.3) is 0 Å². The van der Waals surface area contributed by atoms with Crippen LogP contribution in [0.15, 0.2) is 27.6 Å². The van der Waals surface area contributed by atoms with E-state index in [2.05, 4.69) is 21.2 Å². The molecule has 0 saturated carbocycles. The summed E-state index contributed by atoms with van der Waals surface area (Å²) in [7, 11) is -3.92. The Balaban J connectivity index is 2.45. The third kappa shape index (κ3) is 2.84. The summed E-state index contributed by atoms with van der Waals surface area (Å²) >= 11 is 3.10. The zero-order chi connectivity index (χ0) is 14.9. The number of piperazine rings is 1. The minimum Gasteiger partial charge on any atom is -0.478 e. The van der Waals surface area contributed by atoms with Crippen molar-refractivity contribution in [2.45, 2.75) is 4.90 Å². The summed E-state index contributed by atoms with van der Waals surface area (Å²) in [5, 5.41) is 11.5. The second-order valence-corrected chi connectivity index (χ2v) is 6.90. The first-order valence-electron chi connectivity index (χ1n) is 5.62. The molecule has 1 saturated heterocycles. The molecule has 1 heterocycles. The minimum atomic E-state index is -3.92. The molecule has 1 aliphatic heterocycles. The van der Waals surface area contributed by atoms with Crippen molar-refractivity contribution in [1.29, 1.82) is 0 Å². The van der Waals surface area contributed by atoms with E-state index in [0.717, 1.165) is 10.4 Å². The number of amides is 1. The average molecular weight is 363 g/mol. The van der Waals surface area contributed by atoms with Crippen LogP contribution in [0.5, 0.6) is 0 Å². The summed E-state index contributed by atoms with van der Waals surface area (Å²) in [4.78, 5) is 22.1. The van der Waals surface area contributed by atoms with Crippen LogP contribution in [0.4, 0.5) is 0 Å². The van der Waals surface area contributed by atoms with Crippen molar-refractivity contribution < 1.29 is 23.1 Å². The SMILES string of the molecule is O=C1CN(S(=O)(=O)c2cc(C(=O)O)ccc2Br)CCN1. The number of nitrogens with zero attached hydrogens (tertiary/aromatic N) is 1. The van der Waals surface area contributed by atoms with Gasteiger partial charge in [0.1, 0.15) is 0 Å². The quantitative estimate of drug-likeness (QED) is 0.802. The van der Waals surface area contributed by atoms with Gasteiger partial charge in [0.2, 0.25) is 15.9 Å². The van der Waals surface area contributed by atoms with E-state index in [4.69, 9.17) is 5.11 Å². The molecule has 0 unspecified atom stereocenters. The van der Waals surface area contributed by atoms with Gasteiger partial charge in [-0.25, -0.2) is 13.2 Å². The lowest BCUT2D eigenvalue weighted by Gasteiger charge is -2.26. The molecule has 2 rings (SSSR count). The molecule has 0 aromatic heterocycles. The van der Waals surface area contributed by atoms with Crippen LogP contribution in [-0.2, 0) is 14.8 Å². The molecular weight excluding hydrogens is 352 g/mol. The second-order valence-electron chi connectivity index (χ2n) is 4.14. The minimum absolute atomic E-state index is 0.131. The molecule has 0 atom stereocenters. The van der Waals surface area contributed by atoms with Gasteiger partial charge in [0.25, 0.3) is 0 Å². The Morgan fingerprint density at radius 1 is 1.40 bits per heavy atom. The third-order valence-corrected chi connectivity index (χ3v) is 5.64. The molecule has 1 amide bonds. The van der Waals surface area contributed by atoms with Gasteiger partial charge >= 0.3 is 5.97 Å². The molecule has 1 aromatic carbocycles. The normalized spacial score (nSPS) is 16.8. The molecule has 108 valence electrons. The number of hydrogen-bond donors (Lipinski definition) is 2. The number of rotatable bonds is 3. The number of nitrogens with one attached hydrogen (secondary N) is 1. The van der Waals surface area contributed by atoms with Crippen molar-refractivity contribution in [3.63, 3.8) is 0 Å². The Labute approximate surface area is 123 Å². The van der Waals surface area contributed by atoms with E-state index >= 15 is 0 Å². The monoisotopic (exact) mass is 362 g/mol. The molecule has 0 radical (unpaired) electrons.